The summed E-state index contributed by atoms with van der Waals surface area (Å²) in [5.74, 6) is 2.21. The van der Waals surface area contributed by atoms with E-state index < -0.39 is 0 Å². The fourth-order valence-corrected chi connectivity index (χ4v) is 2.91. The van der Waals surface area contributed by atoms with Crippen LogP contribution in [0.3, 0.4) is 0 Å². The van der Waals surface area contributed by atoms with Crippen molar-refractivity contribution in [3.8, 4) is 11.6 Å². The Hall–Kier alpha value is -3.68. The van der Waals surface area contributed by atoms with Crippen LogP contribution in [0.1, 0.15) is 19.7 Å². The van der Waals surface area contributed by atoms with Gasteiger partial charge in [-0.15, -0.1) is 0 Å². The fraction of sp³-hybridized carbons (Fsp3) is 0.200. The van der Waals surface area contributed by atoms with Crippen LogP contribution >= 0.6 is 0 Å². The minimum Gasteiger partial charge on any atom is -0.475 e. The van der Waals surface area contributed by atoms with E-state index in [1.807, 2.05) is 44.2 Å². The van der Waals surface area contributed by atoms with Crippen molar-refractivity contribution in [3.05, 3.63) is 64.8 Å². The van der Waals surface area contributed by atoms with Gasteiger partial charge in [-0.3, -0.25) is 14.6 Å². The molecule has 4 aromatic rings. The largest absolute Gasteiger partial charge is 0.475 e. The van der Waals surface area contributed by atoms with Crippen molar-refractivity contribution in [2.45, 2.75) is 26.9 Å². The number of aromatic amines is 1. The summed E-state index contributed by atoms with van der Waals surface area (Å²) >= 11 is 0. The molecule has 0 bridgehead atoms. The lowest BCUT2D eigenvalue weighted by Gasteiger charge is -2.11. The predicted molar refractivity (Wildman–Crippen MR) is 108 cm³/mol. The summed E-state index contributed by atoms with van der Waals surface area (Å²) in [6.07, 6.45) is 1.56. The first-order chi connectivity index (χ1) is 13.5. The molecule has 0 amide bonds. The highest BCUT2D eigenvalue weighted by Gasteiger charge is 2.11. The van der Waals surface area contributed by atoms with Crippen LogP contribution in [0.15, 0.2) is 53.5 Å². The number of rotatable bonds is 5. The lowest BCUT2D eigenvalue weighted by Crippen LogP contribution is -2.09. The lowest BCUT2D eigenvalue weighted by atomic mass is 10.3. The highest BCUT2D eigenvalue weighted by Crippen LogP contribution is 2.22. The van der Waals surface area contributed by atoms with E-state index in [1.165, 1.54) is 0 Å². The molecule has 0 aliphatic carbocycles. The van der Waals surface area contributed by atoms with E-state index in [0.717, 1.165) is 11.2 Å². The van der Waals surface area contributed by atoms with Crippen LogP contribution < -0.4 is 15.6 Å². The van der Waals surface area contributed by atoms with E-state index >= 15 is 0 Å². The average Bonchev–Trinajstić information content (AvgIpc) is 2.97. The Morgan fingerprint density at radius 1 is 1.11 bits per heavy atom. The van der Waals surface area contributed by atoms with Crippen molar-refractivity contribution in [2.75, 3.05) is 5.32 Å². The SMILES string of the molecule is Cc1nc(Nc2cc3c(cn2)c(=O)[nH]n3-c2ccccc2)cc(OC(C)C)n1. The molecule has 4 rings (SSSR count). The Morgan fingerprint density at radius 3 is 2.64 bits per heavy atom. The molecule has 1 aromatic carbocycles. The number of benzene rings is 1. The minimum absolute atomic E-state index is 0.0109. The molecule has 2 N–H and O–H groups in total. The van der Waals surface area contributed by atoms with Gasteiger partial charge in [0.05, 0.1) is 22.7 Å². The van der Waals surface area contributed by atoms with E-state index in [9.17, 15) is 4.79 Å². The molecule has 0 radical (unpaired) electrons. The van der Waals surface area contributed by atoms with E-state index in [1.54, 1.807) is 29.9 Å². The summed E-state index contributed by atoms with van der Waals surface area (Å²) in [6.45, 7) is 5.68. The van der Waals surface area contributed by atoms with Crippen molar-refractivity contribution >= 4 is 22.5 Å². The Morgan fingerprint density at radius 2 is 1.89 bits per heavy atom. The van der Waals surface area contributed by atoms with Crippen molar-refractivity contribution in [3.63, 3.8) is 0 Å². The van der Waals surface area contributed by atoms with Gasteiger partial charge in [0.15, 0.2) is 0 Å². The molecule has 0 saturated heterocycles. The Balaban J connectivity index is 1.73. The smallest absolute Gasteiger partial charge is 0.273 e. The molecule has 8 nitrogen and oxygen atoms in total. The molecule has 0 aliphatic heterocycles. The quantitative estimate of drug-likeness (QED) is 0.554. The number of nitrogens with zero attached hydrogens (tertiary/aromatic N) is 4. The number of fused-ring (bicyclic) bond motifs is 1. The molecule has 3 heterocycles. The number of aryl methyl sites for hydroxylation is 1. The zero-order valence-electron chi connectivity index (χ0n) is 15.8. The number of para-hydroxylation sites is 1. The second kappa shape index (κ2) is 7.15. The number of hydrogen-bond donors (Lipinski definition) is 2. The number of anilines is 2. The molecule has 0 aliphatic rings. The van der Waals surface area contributed by atoms with Gasteiger partial charge in [-0.1, -0.05) is 18.2 Å². The summed E-state index contributed by atoms with van der Waals surface area (Å²) in [7, 11) is 0. The van der Waals surface area contributed by atoms with E-state index in [4.69, 9.17) is 4.74 Å². The van der Waals surface area contributed by atoms with Gasteiger partial charge < -0.3 is 10.1 Å². The van der Waals surface area contributed by atoms with Crippen LogP contribution in [0, 0.1) is 6.92 Å². The third kappa shape index (κ3) is 3.57. The number of nitrogens with one attached hydrogen (secondary N) is 2. The zero-order valence-corrected chi connectivity index (χ0v) is 15.8. The second-order valence-electron chi connectivity index (χ2n) is 6.63. The predicted octanol–water partition coefficient (Wildman–Crippen LogP) is 3.34. The summed E-state index contributed by atoms with van der Waals surface area (Å²) in [5, 5.41) is 6.53. The van der Waals surface area contributed by atoms with Crippen LogP contribution in [0.4, 0.5) is 11.6 Å². The Labute approximate surface area is 161 Å². The van der Waals surface area contributed by atoms with Crippen LogP contribution in [0.5, 0.6) is 5.88 Å². The summed E-state index contributed by atoms with van der Waals surface area (Å²) in [5.41, 5.74) is 1.39. The summed E-state index contributed by atoms with van der Waals surface area (Å²) in [4.78, 5) is 25.3. The highest BCUT2D eigenvalue weighted by atomic mass is 16.5. The number of ether oxygens (including phenoxy) is 1. The van der Waals surface area contributed by atoms with Gasteiger partial charge in [-0.2, -0.15) is 4.98 Å². The third-order valence-corrected chi connectivity index (χ3v) is 4.02. The Kier molecular flexibility index (Phi) is 4.52. The molecule has 0 saturated carbocycles. The van der Waals surface area contributed by atoms with Crippen LogP contribution in [0.25, 0.3) is 16.6 Å². The van der Waals surface area contributed by atoms with Gasteiger partial charge in [0, 0.05) is 18.3 Å². The minimum atomic E-state index is -0.191. The van der Waals surface area contributed by atoms with Crippen molar-refractivity contribution in [1.82, 2.24) is 24.7 Å². The van der Waals surface area contributed by atoms with Crippen molar-refractivity contribution in [1.29, 1.82) is 0 Å². The standard InChI is InChI=1S/C20H20N6O2/c1-12(2)28-19-10-18(22-13(3)23-19)24-17-9-16-15(11-21-17)20(27)25-26(16)14-7-5-4-6-8-14/h4-12H,1-3H3,(H,25,27)(H,21,22,23,24). The van der Waals surface area contributed by atoms with Crippen molar-refractivity contribution in [2.24, 2.45) is 0 Å². The molecule has 0 unspecified atom stereocenters. The Bertz CT molecular complexity index is 1180. The average molecular weight is 376 g/mol. The molecular formula is C20H20N6O2. The van der Waals surface area contributed by atoms with E-state index in [-0.39, 0.29) is 11.7 Å². The number of hydrogen-bond acceptors (Lipinski definition) is 6. The second-order valence-corrected chi connectivity index (χ2v) is 6.63. The maximum atomic E-state index is 12.3. The third-order valence-electron chi connectivity index (χ3n) is 4.02. The molecule has 8 heteroatoms. The molecule has 0 fully saturated rings. The number of pyridine rings is 1. The fourth-order valence-electron chi connectivity index (χ4n) is 2.91. The van der Waals surface area contributed by atoms with Crippen LogP contribution in [-0.2, 0) is 0 Å². The first-order valence-electron chi connectivity index (χ1n) is 8.95. The summed E-state index contributed by atoms with van der Waals surface area (Å²) in [6, 6.07) is 13.1. The molecule has 0 atom stereocenters. The van der Waals surface area contributed by atoms with Gasteiger partial charge in [-0.25, -0.2) is 9.97 Å². The molecule has 142 valence electrons. The number of aromatic nitrogens is 5. The van der Waals surface area contributed by atoms with E-state index in [2.05, 4.69) is 25.4 Å². The monoisotopic (exact) mass is 376 g/mol. The van der Waals surface area contributed by atoms with Gasteiger partial charge in [0.1, 0.15) is 17.5 Å². The summed E-state index contributed by atoms with van der Waals surface area (Å²) < 4.78 is 7.40. The highest BCUT2D eigenvalue weighted by molar-refractivity contribution is 5.82. The van der Waals surface area contributed by atoms with Crippen molar-refractivity contribution < 1.29 is 4.74 Å². The van der Waals surface area contributed by atoms with Crippen LogP contribution in [0.2, 0.25) is 0 Å². The first-order valence-corrected chi connectivity index (χ1v) is 8.95. The lowest BCUT2D eigenvalue weighted by molar-refractivity contribution is 0.232. The molecule has 3 aromatic heterocycles. The maximum Gasteiger partial charge on any atom is 0.273 e. The van der Waals surface area contributed by atoms with Crippen LogP contribution in [-0.4, -0.2) is 30.8 Å². The van der Waals surface area contributed by atoms with Gasteiger partial charge >= 0.3 is 0 Å². The maximum absolute atomic E-state index is 12.3. The van der Waals surface area contributed by atoms with Gasteiger partial charge in [0.2, 0.25) is 5.88 Å². The number of H-pyrrole nitrogens is 1. The molecule has 0 spiro atoms. The van der Waals surface area contributed by atoms with Gasteiger partial charge in [-0.05, 0) is 32.9 Å². The van der Waals surface area contributed by atoms with Gasteiger partial charge in [0.25, 0.3) is 5.56 Å². The topological polar surface area (TPSA) is 97.7 Å². The molecule has 28 heavy (non-hydrogen) atoms. The first kappa shape index (κ1) is 17.7. The zero-order chi connectivity index (χ0) is 19.7. The molecular weight excluding hydrogens is 356 g/mol. The van der Waals surface area contributed by atoms with E-state index in [0.29, 0.717) is 28.7 Å². The normalized spacial score (nSPS) is 11.1.